The molecular formula is C15H26N2O3S. The first kappa shape index (κ1) is 16.5. The summed E-state index contributed by atoms with van der Waals surface area (Å²) < 4.78 is 33.6. The lowest BCUT2D eigenvalue weighted by atomic mass is 9.85. The van der Waals surface area contributed by atoms with Crippen molar-refractivity contribution in [3.8, 4) is 0 Å². The summed E-state index contributed by atoms with van der Waals surface area (Å²) in [6, 6.07) is 0.0260. The maximum atomic E-state index is 12.6. The fourth-order valence-corrected chi connectivity index (χ4v) is 5.03. The molecule has 0 amide bonds. The van der Waals surface area contributed by atoms with Gasteiger partial charge in [-0.2, -0.15) is 0 Å². The SMILES string of the molecule is CCC1CCC(NS(=O)(=O)c2c(C)oc(C)c2CN)CC1. The lowest BCUT2D eigenvalue weighted by Gasteiger charge is -2.28. The molecule has 3 N–H and O–H groups in total. The van der Waals surface area contributed by atoms with Gasteiger partial charge in [0.1, 0.15) is 16.4 Å². The van der Waals surface area contributed by atoms with Crippen LogP contribution in [-0.4, -0.2) is 14.5 Å². The van der Waals surface area contributed by atoms with Gasteiger partial charge in [0, 0.05) is 18.2 Å². The zero-order chi connectivity index (χ0) is 15.6. The molecule has 1 saturated carbocycles. The molecule has 6 heteroatoms. The number of sulfonamides is 1. The first-order valence-electron chi connectivity index (χ1n) is 7.70. The molecular weight excluding hydrogens is 288 g/mol. The van der Waals surface area contributed by atoms with E-state index < -0.39 is 10.0 Å². The zero-order valence-electron chi connectivity index (χ0n) is 13.1. The van der Waals surface area contributed by atoms with E-state index in [1.165, 1.54) is 6.42 Å². The van der Waals surface area contributed by atoms with Crippen molar-refractivity contribution in [1.82, 2.24) is 4.72 Å². The van der Waals surface area contributed by atoms with Gasteiger partial charge in [0.25, 0.3) is 0 Å². The molecule has 0 radical (unpaired) electrons. The highest BCUT2D eigenvalue weighted by molar-refractivity contribution is 7.89. The Kier molecular flexibility index (Phi) is 5.11. The number of nitrogens with two attached hydrogens (primary N) is 1. The summed E-state index contributed by atoms with van der Waals surface area (Å²) in [6.45, 7) is 5.79. The first-order chi connectivity index (χ1) is 9.89. The fourth-order valence-electron chi connectivity index (χ4n) is 3.26. The van der Waals surface area contributed by atoms with E-state index in [4.69, 9.17) is 10.2 Å². The van der Waals surface area contributed by atoms with Crippen LogP contribution in [-0.2, 0) is 16.6 Å². The van der Waals surface area contributed by atoms with E-state index in [0.29, 0.717) is 17.1 Å². The monoisotopic (exact) mass is 314 g/mol. The van der Waals surface area contributed by atoms with Crippen molar-refractivity contribution in [2.75, 3.05) is 0 Å². The van der Waals surface area contributed by atoms with Gasteiger partial charge in [-0.15, -0.1) is 0 Å². The van der Waals surface area contributed by atoms with Gasteiger partial charge in [0.05, 0.1) is 0 Å². The molecule has 0 saturated heterocycles. The molecule has 1 aliphatic carbocycles. The lowest BCUT2D eigenvalue weighted by Crippen LogP contribution is -2.38. The molecule has 1 aliphatic rings. The second-order valence-electron chi connectivity index (χ2n) is 5.97. The number of nitrogens with one attached hydrogen (secondary N) is 1. The summed E-state index contributed by atoms with van der Waals surface area (Å²) >= 11 is 0. The van der Waals surface area contributed by atoms with Crippen LogP contribution in [0.5, 0.6) is 0 Å². The van der Waals surface area contributed by atoms with Crippen LogP contribution in [0.2, 0.25) is 0 Å². The van der Waals surface area contributed by atoms with Gasteiger partial charge in [0.15, 0.2) is 0 Å². The van der Waals surface area contributed by atoms with Gasteiger partial charge >= 0.3 is 0 Å². The van der Waals surface area contributed by atoms with Crippen LogP contribution >= 0.6 is 0 Å². The average Bonchev–Trinajstić information content (AvgIpc) is 2.73. The van der Waals surface area contributed by atoms with Crippen molar-refractivity contribution in [3.63, 3.8) is 0 Å². The molecule has 0 aliphatic heterocycles. The van der Waals surface area contributed by atoms with Crippen LogP contribution in [0.4, 0.5) is 0 Å². The highest BCUT2D eigenvalue weighted by Gasteiger charge is 2.30. The molecule has 2 rings (SSSR count). The molecule has 0 aromatic carbocycles. The summed E-state index contributed by atoms with van der Waals surface area (Å²) in [5.41, 5.74) is 6.26. The summed E-state index contributed by atoms with van der Waals surface area (Å²) in [7, 11) is -3.56. The Morgan fingerprint density at radius 3 is 2.33 bits per heavy atom. The Morgan fingerprint density at radius 1 is 1.19 bits per heavy atom. The summed E-state index contributed by atoms with van der Waals surface area (Å²) in [4.78, 5) is 0.236. The van der Waals surface area contributed by atoms with Crippen molar-refractivity contribution >= 4 is 10.0 Å². The smallest absolute Gasteiger partial charge is 0.244 e. The predicted octanol–water partition coefficient (Wildman–Crippen LogP) is 2.60. The van der Waals surface area contributed by atoms with E-state index in [1.807, 2.05) is 0 Å². The van der Waals surface area contributed by atoms with Gasteiger partial charge < -0.3 is 10.2 Å². The molecule has 1 aromatic rings. The summed E-state index contributed by atoms with van der Waals surface area (Å²) in [6.07, 6.45) is 5.18. The van der Waals surface area contributed by atoms with Crippen LogP contribution in [0.1, 0.15) is 56.1 Å². The van der Waals surface area contributed by atoms with E-state index in [0.717, 1.165) is 31.6 Å². The Bertz CT molecular complexity index is 584. The molecule has 0 unspecified atom stereocenters. The quantitative estimate of drug-likeness (QED) is 0.875. The van der Waals surface area contributed by atoms with Gasteiger partial charge in [-0.05, 0) is 45.4 Å². The van der Waals surface area contributed by atoms with E-state index in [2.05, 4.69) is 11.6 Å². The minimum absolute atomic E-state index is 0.0260. The lowest BCUT2D eigenvalue weighted by molar-refractivity contribution is 0.306. The zero-order valence-corrected chi connectivity index (χ0v) is 13.9. The molecule has 21 heavy (non-hydrogen) atoms. The fraction of sp³-hybridized carbons (Fsp3) is 0.733. The third-order valence-electron chi connectivity index (χ3n) is 4.54. The predicted molar refractivity (Wildman–Crippen MR) is 82.4 cm³/mol. The molecule has 0 atom stereocenters. The van der Waals surface area contributed by atoms with Crippen LogP contribution in [0.15, 0.2) is 9.31 Å². The average molecular weight is 314 g/mol. The van der Waals surface area contributed by atoms with E-state index >= 15 is 0 Å². The Morgan fingerprint density at radius 2 is 1.81 bits per heavy atom. The van der Waals surface area contributed by atoms with Crippen LogP contribution < -0.4 is 10.5 Å². The third-order valence-corrected chi connectivity index (χ3v) is 6.26. The van der Waals surface area contributed by atoms with Gasteiger partial charge in [-0.3, -0.25) is 0 Å². The topological polar surface area (TPSA) is 85.3 Å². The summed E-state index contributed by atoms with van der Waals surface area (Å²) in [5, 5.41) is 0. The standard InChI is InChI=1S/C15H26N2O3S/c1-4-12-5-7-13(8-6-12)17-21(18,19)15-11(3)20-10(2)14(15)9-16/h12-13,17H,4-9,16H2,1-3H3. The van der Waals surface area contributed by atoms with Crippen molar-refractivity contribution in [2.24, 2.45) is 11.7 Å². The largest absolute Gasteiger partial charge is 0.465 e. The number of hydrogen-bond donors (Lipinski definition) is 2. The molecule has 5 nitrogen and oxygen atoms in total. The van der Waals surface area contributed by atoms with E-state index in [-0.39, 0.29) is 17.5 Å². The van der Waals surface area contributed by atoms with Crippen molar-refractivity contribution in [2.45, 2.75) is 70.4 Å². The molecule has 0 spiro atoms. The summed E-state index contributed by atoms with van der Waals surface area (Å²) in [5.74, 6) is 1.75. The molecule has 120 valence electrons. The third kappa shape index (κ3) is 3.49. The Labute approximate surface area is 127 Å². The van der Waals surface area contributed by atoms with Gasteiger partial charge in [-0.25, -0.2) is 13.1 Å². The Balaban J connectivity index is 2.16. The van der Waals surface area contributed by atoms with Crippen molar-refractivity contribution < 1.29 is 12.8 Å². The van der Waals surface area contributed by atoms with E-state index in [9.17, 15) is 8.42 Å². The molecule has 1 heterocycles. The highest BCUT2D eigenvalue weighted by Crippen LogP contribution is 2.30. The Hall–Kier alpha value is -0.850. The minimum Gasteiger partial charge on any atom is -0.465 e. The maximum Gasteiger partial charge on any atom is 0.244 e. The first-order valence-corrected chi connectivity index (χ1v) is 9.18. The number of hydrogen-bond acceptors (Lipinski definition) is 4. The molecule has 1 aromatic heterocycles. The molecule has 0 bridgehead atoms. The molecule has 1 fully saturated rings. The van der Waals surface area contributed by atoms with E-state index in [1.54, 1.807) is 13.8 Å². The number of rotatable bonds is 5. The van der Waals surface area contributed by atoms with Crippen LogP contribution in [0.3, 0.4) is 0 Å². The van der Waals surface area contributed by atoms with Crippen molar-refractivity contribution in [1.29, 1.82) is 0 Å². The second-order valence-corrected chi connectivity index (χ2v) is 7.62. The van der Waals surface area contributed by atoms with Crippen LogP contribution in [0.25, 0.3) is 0 Å². The van der Waals surface area contributed by atoms with Crippen molar-refractivity contribution in [3.05, 3.63) is 17.1 Å². The minimum atomic E-state index is -3.56. The van der Waals surface area contributed by atoms with Gasteiger partial charge in [-0.1, -0.05) is 13.3 Å². The van der Waals surface area contributed by atoms with Gasteiger partial charge in [0.2, 0.25) is 10.0 Å². The number of aryl methyl sites for hydroxylation is 2. The number of furan rings is 1. The van der Waals surface area contributed by atoms with Crippen LogP contribution in [0, 0.1) is 19.8 Å². The normalized spacial score (nSPS) is 23.4. The maximum absolute atomic E-state index is 12.6. The highest BCUT2D eigenvalue weighted by atomic mass is 32.2. The second kappa shape index (κ2) is 6.50.